The van der Waals surface area contributed by atoms with Gasteiger partial charge >= 0.3 is 0 Å². The zero-order valence-corrected chi connectivity index (χ0v) is 10.2. The Labute approximate surface area is 98.5 Å². The molecule has 0 spiro atoms. The largest absolute Gasteiger partial charge is 0.381 e. The Bertz CT molecular complexity index is 463. The smallest absolute Gasteiger partial charge is 0.131 e. The molecule has 2 aromatic heterocycles. The van der Waals surface area contributed by atoms with E-state index in [1.165, 1.54) is 4.88 Å². The summed E-state index contributed by atoms with van der Waals surface area (Å²) < 4.78 is 1.76. The van der Waals surface area contributed by atoms with Crippen LogP contribution in [0.5, 0.6) is 0 Å². The van der Waals surface area contributed by atoms with Gasteiger partial charge in [0, 0.05) is 16.3 Å². The van der Waals surface area contributed by atoms with E-state index in [2.05, 4.69) is 17.2 Å². The standard InChI is InChI=1S/C11H15N3OS/c1-3-6-14-9(7-12-13-14)11(15)10-5-4-8(2)16-10/h4-5,7,11,15H,3,6H2,1-2H3. The summed E-state index contributed by atoms with van der Waals surface area (Å²) in [7, 11) is 0. The molecule has 2 heterocycles. The van der Waals surface area contributed by atoms with Gasteiger partial charge in [-0.25, -0.2) is 4.68 Å². The van der Waals surface area contributed by atoms with Crippen LogP contribution in [0, 0.1) is 6.92 Å². The molecule has 16 heavy (non-hydrogen) atoms. The number of aromatic nitrogens is 3. The van der Waals surface area contributed by atoms with Crippen LogP contribution in [0.2, 0.25) is 0 Å². The molecule has 0 saturated carbocycles. The Morgan fingerprint density at radius 1 is 1.50 bits per heavy atom. The third kappa shape index (κ3) is 2.15. The molecular weight excluding hydrogens is 222 g/mol. The van der Waals surface area contributed by atoms with E-state index in [1.54, 1.807) is 22.2 Å². The van der Waals surface area contributed by atoms with Gasteiger partial charge < -0.3 is 5.11 Å². The fourth-order valence-corrected chi connectivity index (χ4v) is 2.49. The van der Waals surface area contributed by atoms with Gasteiger partial charge in [0.2, 0.25) is 0 Å². The first-order valence-corrected chi connectivity index (χ1v) is 6.16. The summed E-state index contributed by atoms with van der Waals surface area (Å²) in [5.74, 6) is 0. The summed E-state index contributed by atoms with van der Waals surface area (Å²) in [5.41, 5.74) is 0.767. The van der Waals surface area contributed by atoms with Crippen LogP contribution in [0.25, 0.3) is 0 Å². The first-order chi connectivity index (χ1) is 7.72. The topological polar surface area (TPSA) is 50.9 Å². The zero-order valence-electron chi connectivity index (χ0n) is 9.42. The van der Waals surface area contributed by atoms with Gasteiger partial charge in [-0.15, -0.1) is 16.4 Å². The first kappa shape index (κ1) is 11.3. The van der Waals surface area contributed by atoms with Crippen molar-refractivity contribution in [2.45, 2.75) is 32.9 Å². The summed E-state index contributed by atoms with van der Waals surface area (Å²) in [4.78, 5) is 2.14. The molecule has 5 heteroatoms. The van der Waals surface area contributed by atoms with Crippen molar-refractivity contribution in [1.82, 2.24) is 15.0 Å². The summed E-state index contributed by atoms with van der Waals surface area (Å²) in [6.45, 7) is 4.90. The van der Waals surface area contributed by atoms with Gasteiger partial charge in [-0.1, -0.05) is 12.1 Å². The zero-order chi connectivity index (χ0) is 11.5. The number of rotatable bonds is 4. The minimum absolute atomic E-state index is 0.611. The van der Waals surface area contributed by atoms with Crippen molar-refractivity contribution in [3.63, 3.8) is 0 Å². The number of hydrogen-bond acceptors (Lipinski definition) is 4. The number of nitrogens with zero attached hydrogens (tertiary/aromatic N) is 3. The van der Waals surface area contributed by atoms with Crippen molar-refractivity contribution in [2.24, 2.45) is 0 Å². The highest BCUT2D eigenvalue weighted by Crippen LogP contribution is 2.27. The second kappa shape index (κ2) is 4.76. The van der Waals surface area contributed by atoms with Gasteiger partial charge in [-0.3, -0.25) is 0 Å². The third-order valence-corrected chi connectivity index (χ3v) is 3.45. The van der Waals surface area contributed by atoms with E-state index in [4.69, 9.17) is 0 Å². The molecule has 1 N–H and O–H groups in total. The molecule has 0 amide bonds. The van der Waals surface area contributed by atoms with Crippen molar-refractivity contribution in [1.29, 1.82) is 0 Å². The molecule has 0 aliphatic rings. The van der Waals surface area contributed by atoms with E-state index < -0.39 is 6.10 Å². The van der Waals surface area contributed by atoms with E-state index >= 15 is 0 Å². The second-order valence-corrected chi connectivity index (χ2v) is 5.05. The fraction of sp³-hybridized carbons (Fsp3) is 0.455. The van der Waals surface area contributed by atoms with Crippen LogP contribution < -0.4 is 0 Å². The Morgan fingerprint density at radius 2 is 2.31 bits per heavy atom. The number of thiophene rings is 1. The molecule has 0 aliphatic carbocycles. The number of aliphatic hydroxyl groups is 1. The summed E-state index contributed by atoms with van der Waals surface area (Å²) in [5, 5.41) is 18.0. The minimum Gasteiger partial charge on any atom is -0.381 e. The molecular formula is C11H15N3OS. The quantitative estimate of drug-likeness (QED) is 0.886. The Morgan fingerprint density at radius 3 is 2.94 bits per heavy atom. The lowest BCUT2D eigenvalue weighted by atomic mass is 10.2. The van der Waals surface area contributed by atoms with Crippen LogP contribution in [-0.2, 0) is 6.54 Å². The SMILES string of the molecule is CCCn1nncc1C(O)c1ccc(C)s1. The van der Waals surface area contributed by atoms with Crippen LogP contribution in [0.15, 0.2) is 18.3 Å². The number of hydrogen-bond donors (Lipinski definition) is 1. The second-order valence-electron chi connectivity index (χ2n) is 3.73. The van der Waals surface area contributed by atoms with E-state index in [-0.39, 0.29) is 0 Å². The molecule has 0 aliphatic heterocycles. The van der Waals surface area contributed by atoms with Gasteiger partial charge in [0.05, 0.1) is 11.9 Å². The van der Waals surface area contributed by atoms with E-state index in [0.717, 1.165) is 23.5 Å². The molecule has 0 radical (unpaired) electrons. The molecule has 2 aromatic rings. The van der Waals surface area contributed by atoms with Crippen LogP contribution >= 0.6 is 11.3 Å². The third-order valence-electron chi connectivity index (χ3n) is 2.39. The predicted octanol–water partition coefficient (Wildman–Crippen LogP) is 2.14. The average Bonchev–Trinajstić information content (AvgIpc) is 2.87. The fourth-order valence-electron chi connectivity index (χ4n) is 1.61. The van der Waals surface area contributed by atoms with E-state index in [0.29, 0.717) is 0 Å². The molecule has 0 bridgehead atoms. The summed E-state index contributed by atoms with van der Waals surface area (Å²) in [6, 6.07) is 3.96. The number of aliphatic hydroxyl groups excluding tert-OH is 1. The van der Waals surface area contributed by atoms with Crippen molar-refractivity contribution in [3.8, 4) is 0 Å². The van der Waals surface area contributed by atoms with Gasteiger partial charge in [0.25, 0.3) is 0 Å². The molecule has 0 aromatic carbocycles. The van der Waals surface area contributed by atoms with Gasteiger partial charge in [-0.05, 0) is 25.5 Å². The monoisotopic (exact) mass is 237 g/mol. The maximum absolute atomic E-state index is 10.2. The Balaban J connectivity index is 2.26. The van der Waals surface area contributed by atoms with Crippen molar-refractivity contribution >= 4 is 11.3 Å². The highest BCUT2D eigenvalue weighted by atomic mass is 32.1. The van der Waals surface area contributed by atoms with Crippen LogP contribution in [0.4, 0.5) is 0 Å². The Hall–Kier alpha value is -1.20. The summed E-state index contributed by atoms with van der Waals surface area (Å²) in [6.07, 6.45) is 2.00. The highest BCUT2D eigenvalue weighted by Gasteiger charge is 2.17. The number of aryl methyl sites for hydroxylation is 2. The van der Waals surface area contributed by atoms with Gasteiger partial charge in [-0.2, -0.15) is 0 Å². The highest BCUT2D eigenvalue weighted by molar-refractivity contribution is 7.12. The lowest BCUT2D eigenvalue weighted by Crippen LogP contribution is -2.09. The van der Waals surface area contributed by atoms with Crippen LogP contribution in [-0.4, -0.2) is 20.1 Å². The molecule has 1 unspecified atom stereocenters. The van der Waals surface area contributed by atoms with Crippen LogP contribution in [0.1, 0.15) is 34.9 Å². The minimum atomic E-state index is -0.611. The maximum atomic E-state index is 10.2. The van der Waals surface area contributed by atoms with Gasteiger partial charge in [0.15, 0.2) is 0 Å². The van der Waals surface area contributed by atoms with E-state index in [1.807, 2.05) is 19.1 Å². The van der Waals surface area contributed by atoms with Crippen molar-refractivity contribution in [3.05, 3.63) is 33.8 Å². The lowest BCUT2D eigenvalue weighted by Gasteiger charge is -2.09. The molecule has 0 fully saturated rings. The molecule has 2 rings (SSSR count). The summed E-state index contributed by atoms with van der Waals surface area (Å²) >= 11 is 1.60. The Kier molecular flexibility index (Phi) is 3.36. The van der Waals surface area contributed by atoms with Crippen LogP contribution in [0.3, 0.4) is 0 Å². The molecule has 4 nitrogen and oxygen atoms in total. The molecule has 86 valence electrons. The predicted molar refractivity (Wildman–Crippen MR) is 63.4 cm³/mol. The molecule has 0 saturated heterocycles. The average molecular weight is 237 g/mol. The van der Waals surface area contributed by atoms with Crippen molar-refractivity contribution < 1.29 is 5.11 Å². The van der Waals surface area contributed by atoms with Gasteiger partial charge in [0.1, 0.15) is 6.10 Å². The maximum Gasteiger partial charge on any atom is 0.131 e. The normalized spacial score (nSPS) is 12.9. The molecule has 1 atom stereocenters. The van der Waals surface area contributed by atoms with E-state index in [9.17, 15) is 5.11 Å². The lowest BCUT2D eigenvalue weighted by molar-refractivity contribution is 0.211. The van der Waals surface area contributed by atoms with Crippen molar-refractivity contribution in [2.75, 3.05) is 0 Å². The first-order valence-electron chi connectivity index (χ1n) is 5.35.